The zero-order chi connectivity index (χ0) is 13.3. The van der Waals surface area contributed by atoms with Gasteiger partial charge in [0.2, 0.25) is 10.0 Å². The summed E-state index contributed by atoms with van der Waals surface area (Å²) in [4.78, 5) is 11.0. The maximum atomic E-state index is 12.3. The number of nitrogens with zero attached hydrogens (tertiary/aromatic N) is 1. The van der Waals surface area contributed by atoms with Gasteiger partial charge in [-0.1, -0.05) is 17.7 Å². The highest BCUT2D eigenvalue weighted by molar-refractivity contribution is 7.89. The Morgan fingerprint density at radius 2 is 1.94 bits per heavy atom. The van der Waals surface area contributed by atoms with Crippen molar-refractivity contribution in [3.05, 3.63) is 29.8 Å². The first kappa shape index (κ1) is 13.2. The van der Waals surface area contributed by atoms with Crippen LogP contribution in [0.5, 0.6) is 0 Å². The number of β-amino-alcohol motifs (C(OH)–C–C–N with tert-alkyl or cyclic N) is 1. The van der Waals surface area contributed by atoms with Crippen LogP contribution in [0.3, 0.4) is 0 Å². The van der Waals surface area contributed by atoms with Gasteiger partial charge in [-0.25, -0.2) is 8.42 Å². The Labute approximate surface area is 106 Å². The predicted octanol–water partition coefficient (Wildman–Crippen LogP) is 0.318. The summed E-state index contributed by atoms with van der Waals surface area (Å²) in [6.07, 6.45) is -0.0447. The molecule has 0 saturated carbocycles. The van der Waals surface area contributed by atoms with Crippen molar-refractivity contribution in [1.29, 1.82) is 0 Å². The Morgan fingerprint density at radius 3 is 2.50 bits per heavy atom. The maximum absolute atomic E-state index is 12.3. The van der Waals surface area contributed by atoms with E-state index in [1.165, 1.54) is 12.1 Å². The molecule has 0 radical (unpaired) electrons. The molecular weight excluding hydrogens is 254 g/mol. The maximum Gasteiger partial charge on any atom is 0.243 e. The molecule has 18 heavy (non-hydrogen) atoms. The minimum atomic E-state index is -3.71. The first-order valence-electron chi connectivity index (χ1n) is 5.67. The average Bonchev–Trinajstić information content (AvgIpc) is 2.72. The third-order valence-electron chi connectivity index (χ3n) is 3.06. The van der Waals surface area contributed by atoms with E-state index >= 15 is 0 Å². The highest BCUT2D eigenvalue weighted by Crippen LogP contribution is 2.25. The van der Waals surface area contributed by atoms with Gasteiger partial charge in [0.05, 0.1) is 17.0 Å². The van der Waals surface area contributed by atoms with Crippen LogP contribution in [-0.2, 0) is 14.8 Å². The lowest BCUT2D eigenvalue weighted by atomic mass is 10.2. The molecule has 1 aliphatic heterocycles. The van der Waals surface area contributed by atoms with Crippen LogP contribution in [-0.4, -0.2) is 42.8 Å². The van der Waals surface area contributed by atoms with E-state index in [0.29, 0.717) is 6.29 Å². The van der Waals surface area contributed by atoms with Gasteiger partial charge < -0.3 is 9.90 Å². The summed E-state index contributed by atoms with van der Waals surface area (Å²) in [7, 11) is -3.71. The van der Waals surface area contributed by atoms with Crippen LogP contribution in [0.4, 0.5) is 0 Å². The van der Waals surface area contributed by atoms with Gasteiger partial charge in [-0.3, -0.25) is 0 Å². The normalized spacial score (nSPS) is 25.2. The summed E-state index contributed by atoms with van der Waals surface area (Å²) in [6.45, 7) is 1.84. The van der Waals surface area contributed by atoms with Crippen LogP contribution in [0.1, 0.15) is 12.0 Å². The van der Waals surface area contributed by atoms with Gasteiger partial charge in [-0.2, -0.15) is 4.31 Å². The molecule has 2 atom stereocenters. The second kappa shape index (κ2) is 4.79. The first-order chi connectivity index (χ1) is 8.45. The average molecular weight is 269 g/mol. The molecule has 1 aliphatic rings. The monoisotopic (exact) mass is 269 g/mol. The molecule has 1 aromatic rings. The van der Waals surface area contributed by atoms with Crippen LogP contribution in [0, 0.1) is 6.92 Å². The standard InChI is InChI=1S/C12H15NO4S/c1-9-2-4-12(5-3-9)18(16,17)13-7-11(15)6-10(13)8-14/h2-5,8,10-11,15H,6-7H2,1H3/t10-,11+/m0/s1. The van der Waals surface area contributed by atoms with Crippen molar-refractivity contribution in [1.82, 2.24) is 4.31 Å². The Morgan fingerprint density at radius 1 is 1.33 bits per heavy atom. The molecule has 1 heterocycles. The van der Waals surface area contributed by atoms with Crippen molar-refractivity contribution < 1.29 is 18.3 Å². The van der Waals surface area contributed by atoms with E-state index in [9.17, 15) is 18.3 Å². The fourth-order valence-corrected chi connectivity index (χ4v) is 3.67. The predicted molar refractivity (Wildman–Crippen MR) is 65.5 cm³/mol. The zero-order valence-corrected chi connectivity index (χ0v) is 10.8. The molecule has 0 spiro atoms. The quantitative estimate of drug-likeness (QED) is 0.802. The molecule has 2 rings (SSSR count). The Hall–Kier alpha value is -1.24. The van der Waals surface area contributed by atoms with E-state index in [1.54, 1.807) is 12.1 Å². The number of aldehydes is 1. The smallest absolute Gasteiger partial charge is 0.243 e. The van der Waals surface area contributed by atoms with Crippen LogP contribution in [0.15, 0.2) is 29.2 Å². The van der Waals surface area contributed by atoms with Crippen molar-refractivity contribution in [2.75, 3.05) is 6.54 Å². The van der Waals surface area contributed by atoms with Gasteiger partial charge in [0, 0.05) is 6.54 Å². The molecule has 98 valence electrons. The molecule has 0 unspecified atom stereocenters. The van der Waals surface area contributed by atoms with Gasteiger partial charge in [0.15, 0.2) is 0 Å². The van der Waals surface area contributed by atoms with E-state index < -0.39 is 22.2 Å². The summed E-state index contributed by atoms with van der Waals surface area (Å²) in [5, 5.41) is 9.49. The molecule has 6 heteroatoms. The van der Waals surface area contributed by atoms with Crippen molar-refractivity contribution in [2.45, 2.75) is 30.4 Å². The molecule has 1 N–H and O–H groups in total. The lowest BCUT2D eigenvalue weighted by Gasteiger charge is -2.19. The number of aryl methyl sites for hydroxylation is 1. The molecular formula is C12H15NO4S. The molecule has 1 fully saturated rings. The summed E-state index contributed by atoms with van der Waals surface area (Å²) in [6, 6.07) is 5.66. The third kappa shape index (κ3) is 2.31. The van der Waals surface area contributed by atoms with E-state index in [4.69, 9.17) is 0 Å². The molecule has 1 saturated heterocycles. The van der Waals surface area contributed by atoms with Crippen molar-refractivity contribution in [2.24, 2.45) is 0 Å². The topological polar surface area (TPSA) is 74.7 Å². The summed E-state index contributed by atoms with van der Waals surface area (Å²) >= 11 is 0. The lowest BCUT2D eigenvalue weighted by molar-refractivity contribution is -0.110. The SMILES string of the molecule is Cc1ccc(S(=O)(=O)N2C[C@H](O)C[C@H]2C=O)cc1. The minimum Gasteiger partial charge on any atom is -0.392 e. The summed E-state index contributed by atoms with van der Waals surface area (Å²) in [5.41, 5.74) is 0.961. The number of rotatable bonds is 3. The van der Waals surface area contributed by atoms with E-state index in [-0.39, 0.29) is 17.9 Å². The highest BCUT2D eigenvalue weighted by atomic mass is 32.2. The fraction of sp³-hybridized carbons (Fsp3) is 0.417. The highest BCUT2D eigenvalue weighted by Gasteiger charge is 2.39. The van der Waals surface area contributed by atoms with Gasteiger partial charge in [0.1, 0.15) is 6.29 Å². The number of sulfonamides is 1. The molecule has 5 nitrogen and oxygen atoms in total. The Balaban J connectivity index is 2.36. The molecule has 1 aromatic carbocycles. The lowest BCUT2D eigenvalue weighted by Crippen LogP contribution is -2.36. The van der Waals surface area contributed by atoms with E-state index in [0.717, 1.165) is 9.87 Å². The van der Waals surface area contributed by atoms with Gasteiger partial charge in [-0.15, -0.1) is 0 Å². The minimum absolute atomic E-state index is 0.0282. The largest absolute Gasteiger partial charge is 0.392 e. The molecule has 0 amide bonds. The van der Waals surface area contributed by atoms with Crippen LogP contribution < -0.4 is 0 Å². The number of hydrogen-bond donors (Lipinski definition) is 1. The number of aliphatic hydroxyl groups excluding tert-OH is 1. The van der Waals surface area contributed by atoms with Gasteiger partial charge >= 0.3 is 0 Å². The fourth-order valence-electron chi connectivity index (χ4n) is 2.06. The summed E-state index contributed by atoms with van der Waals surface area (Å²) < 4.78 is 25.7. The second-order valence-corrected chi connectivity index (χ2v) is 6.37. The number of hydrogen-bond acceptors (Lipinski definition) is 4. The van der Waals surface area contributed by atoms with E-state index in [2.05, 4.69) is 0 Å². The number of aliphatic hydroxyl groups is 1. The Bertz CT molecular complexity index is 538. The van der Waals surface area contributed by atoms with Crippen LogP contribution >= 0.6 is 0 Å². The van der Waals surface area contributed by atoms with Crippen molar-refractivity contribution >= 4 is 16.3 Å². The van der Waals surface area contributed by atoms with Crippen molar-refractivity contribution in [3.63, 3.8) is 0 Å². The molecule has 0 aromatic heterocycles. The third-order valence-corrected chi connectivity index (χ3v) is 4.96. The molecule has 0 aliphatic carbocycles. The Kier molecular flexibility index (Phi) is 3.52. The molecule has 0 bridgehead atoms. The van der Waals surface area contributed by atoms with Gasteiger partial charge in [-0.05, 0) is 25.5 Å². The number of benzene rings is 1. The number of carbonyl (C=O) groups is 1. The van der Waals surface area contributed by atoms with Gasteiger partial charge in [0.25, 0.3) is 0 Å². The number of carbonyl (C=O) groups excluding carboxylic acids is 1. The summed E-state index contributed by atoms with van der Waals surface area (Å²) in [5.74, 6) is 0. The van der Waals surface area contributed by atoms with Crippen LogP contribution in [0.25, 0.3) is 0 Å². The van der Waals surface area contributed by atoms with Crippen molar-refractivity contribution in [3.8, 4) is 0 Å². The second-order valence-electron chi connectivity index (χ2n) is 4.48. The van der Waals surface area contributed by atoms with Crippen LogP contribution in [0.2, 0.25) is 0 Å². The van der Waals surface area contributed by atoms with E-state index in [1.807, 2.05) is 6.92 Å². The first-order valence-corrected chi connectivity index (χ1v) is 7.11. The zero-order valence-electron chi connectivity index (χ0n) is 9.98.